The van der Waals surface area contributed by atoms with Gasteiger partial charge in [0.15, 0.2) is 4.90 Å². The third-order valence-corrected chi connectivity index (χ3v) is 5.18. The van der Waals surface area contributed by atoms with Crippen LogP contribution in [0.2, 0.25) is 0 Å². The van der Waals surface area contributed by atoms with Crippen molar-refractivity contribution in [2.75, 3.05) is 18.0 Å². The topological polar surface area (TPSA) is 137 Å². The van der Waals surface area contributed by atoms with Gasteiger partial charge < -0.3 is 4.90 Å². The smallest absolute Gasteiger partial charge is 0.312 e. The van der Waals surface area contributed by atoms with Crippen LogP contribution in [-0.4, -0.2) is 41.2 Å². The standard InChI is InChI=1S/C14H18N6O4S/c15-25(23,24)13-5-1-4-12(14(13)20(21)22)18-6-2-3-11(7-18)8-19-10-16-9-17-19/h1,4-5,9-11H,2-3,6-8H2,(H2,15,23,24). The van der Waals surface area contributed by atoms with E-state index in [9.17, 15) is 18.5 Å². The first-order valence-corrected chi connectivity index (χ1v) is 9.28. The van der Waals surface area contributed by atoms with Crippen molar-refractivity contribution in [1.82, 2.24) is 14.8 Å². The molecule has 0 spiro atoms. The first kappa shape index (κ1) is 17.3. The minimum Gasteiger partial charge on any atom is -0.366 e. The molecule has 1 unspecified atom stereocenters. The number of sulfonamides is 1. The van der Waals surface area contributed by atoms with Crippen molar-refractivity contribution in [3.8, 4) is 0 Å². The molecular weight excluding hydrogens is 348 g/mol. The fourth-order valence-electron chi connectivity index (χ4n) is 3.20. The van der Waals surface area contributed by atoms with Gasteiger partial charge in [0.1, 0.15) is 18.3 Å². The molecule has 1 aliphatic rings. The van der Waals surface area contributed by atoms with Gasteiger partial charge >= 0.3 is 5.69 Å². The summed E-state index contributed by atoms with van der Waals surface area (Å²) < 4.78 is 25.1. The van der Waals surface area contributed by atoms with Gasteiger partial charge in [-0.3, -0.25) is 14.8 Å². The summed E-state index contributed by atoms with van der Waals surface area (Å²) in [6.07, 6.45) is 4.89. The molecule has 1 aromatic carbocycles. The highest BCUT2D eigenvalue weighted by atomic mass is 32.2. The van der Waals surface area contributed by atoms with Gasteiger partial charge in [0.25, 0.3) is 0 Å². The largest absolute Gasteiger partial charge is 0.366 e. The lowest BCUT2D eigenvalue weighted by atomic mass is 9.97. The van der Waals surface area contributed by atoms with E-state index in [0.29, 0.717) is 19.6 Å². The molecule has 1 atom stereocenters. The van der Waals surface area contributed by atoms with Gasteiger partial charge in [0.05, 0.1) is 4.92 Å². The fraction of sp³-hybridized carbons (Fsp3) is 0.429. The molecule has 0 radical (unpaired) electrons. The zero-order valence-electron chi connectivity index (χ0n) is 13.4. The maximum absolute atomic E-state index is 11.7. The minimum atomic E-state index is -4.18. The van der Waals surface area contributed by atoms with Crippen LogP contribution in [-0.2, 0) is 16.6 Å². The monoisotopic (exact) mass is 366 g/mol. The molecule has 10 nitrogen and oxygen atoms in total. The Morgan fingerprint density at radius 3 is 2.84 bits per heavy atom. The Labute approximate surface area is 144 Å². The summed E-state index contributed by atoms with van der Waals surface area (Å²) in [6, 6.07) is 4.20. The Balaban J connectivity index is 1.91. The van der Waals surface area contributed by atoms with E-state index in [1.165, 1.54) is 12.4 Å². The molecule has 0 aliphatic carbocycles. The number of primary sulfonamides is 1. The summed E-state index contributed by atoms with van der Waals surface area (Å²) >= 11 is 0. The second-order valence-electron chi connectivity index (χ2n) is 6.00. The van der Waals surface area contributed by atoms with E-state index in [-0.39, 0.29) is 11.6 Å². The van der Waals surface area contributed by atoms with Gasteiger partial charge in [-0.25, -0.2) is 18.5 Å². The van der Waals surface area contributed by atoms with Crippen LogP contribution < -0.4 is 10.0 Å². The number of nitrogens with two attached hydrogens (primary N) is 1. The molecule has 2 heterocycles. The van der Waals surface area contributed by atoms with Crippen LogP contribution in [0.3, 0.4) is 0 Å². The number of nitro groups is 1. The lowest BCUT2D eigenvalue weighted by molar-refractivity contribution is -0.387. The summed E-state index contributed by atoms with van der Waals surface area (Å²) in [6.45, 7) is 1.83. The van der Waals surface area contributed by atoms with Crippen LogP contribution in [0.4, 0.5) is 11.4 Å². The zero-order valence-corrected chi connectivity index (χ0v) is 14.2. The van der Waals surface area contributed by atoms with Gasteiger partial charge in [-0.2, -0.15) is 5.10 Å². The number of hydrogen-bond donors (Lipinski definition) is 1. The molecule has 1 aliphatic heterocycles. The van der Waals surface area contributed by atoms with E-state index in [2.05, 4.69) is 10.1 Å². The van der Waals surface area contributed by atoms with Crippen molar-refractivity contribution in [1.29, 1.82) is 0 Å². The minimum absolute atomic E-state index is 0.230. The number of benzene rings is 1. The Hall–Kier alpha value is -2.53. The van der Waals surface area contributed by atoms with Crippen LogP contribution in [0.1, 0.15) is 12.8 Å². The summed E-state index contributed by atoms with van der Waals surface area (Å²) in [4.78, 5) is 16.1. The average Bonchev–Trinajstić information content (AvgIpc) is 3.06. The highest BCUT2D eigenvalue weighted by Crippen LogP contribution is 2.36. The van der Waals surface area contributed by atoms with Gasteiger partial charge in [-0.15, -0.1) is 0 Å². The third kappa shape index (κ3) is 3.77. The molecule has 2 N–H and O–H groups in total. The molecule has 1 saturated heterocycles. The first-order valence-electron chi connectivity index (χ1n) is 7.74. The molecular formula is C14H18N6O4S. The number of hydrogen-bond acceptors (Lipinski definition) is 7. The molecule has 3 rings (SSSR count). The lowest BCUT2D eigenvalue weighted by Crippen LogP contribution is -2.37. The van der Waals surface area contributed by atoms with E-state index >= 15 is 0 Å². The van der Waals surface area contributed by atoms with Crippen LogP contribution in [0.5, 0.6) is 0 Å². The summed E-state index contributed by atoms with van der Waals surface area (Å²) in [5.41, 5.74) is -0.189. The average molecular weight is 366 g/mol. The van der Waals surface area contributed by atoms with Crippen molar-refractivity contribution in [2.45, 2.75) is 24.3 Å². The van der Waals surface area contributed by atoms with Crippen molar-refractivity contribution < 1.29 is 13.3 Å². The number of nitrogens with zero attached hydrogens (tertiary/aromatic N) is 5. The molecule has 0 saturated carbocycles. The van der Waals surface area contributed by atoms with Gasteiger partial charge in [-0.1, -0.05) is 6.07 Å². The Morgan fingerprint density at radius 1 is 1.40 bits per heavy atom. The molecule has 1 aromatic heterocycles. The Kier molecular flexibility index (Phi) is 4.68. The highest BCUT2D eigenvalue weighted by molar-refractivity contribution is 7.89. The van der Waals surface area contributed by atoms with Crippen molar-refractivity contribution in [3.63, 3.8) is 0 Å². The number of para-hydroxylation sites is 1. The number of nitro benzene ring substituents is 1. The van der Waals surface area contributed by atoms with Crippen molar-refractivity contribution in [3.05, 3.63) is 41.0 Å². The molecule has 11 heteroatoms. The van der Waals surface area contributed by atoms with Gasteiger partial charge in [0, 0.05) is 19.6 Å². The van der Waals surface area contributed by atoms with E-state index in [1.807, 2.05) is 4.90 Å². The molecule has 2 aromatic rings. The van der Waals surface area contributed by atoms with E-state index < -0.39 is 25.5 Å². The third-order valence-electron chi connectivity index (χ3n) is 4.24. The second kappa shape index (κ2) is 6.76. The second-order valence-corrected chi connectivity index (χ2v) is 7.53. The highest BCUT2D eigenvalue weighted by Gasteiger charge is 2.31. The van der Waals surface area contributed by atoms with Crippen molar-refractivity contribution in [2.24, 2.45) is 11.1 Å². The summed E-state index contributed by atoms with van der Waals surface area (Å²) in [5, 5.41) is 20.7. The molecule has 1 fully saturated rings. The SMILES string of the molecule is NS(=O)(=O)c1cccc(N2CCCC(Cn3cncn3)C2)c1[N+](=O)[O-]. The predicted molar refractivity (Wildman–Crippen MR) is 89.4 cm³/mol. The fourth-order valence-corrected chi connectivity index (χ4v) is 3.92. The normalized spacial score (nSPS) is 18.3. The van der Waals surface area contributed by atoms with E-state index in [0.717, 1.165) is 18.9 Å². The maximum Gasteiger partial charge on any atom is 0.312 e. The van der Waals surface area contributed by atoms with Crippen LogP contribution in [0.25, 0.3) is 0 Å². The number of anilines is 1. The van der Waals surface area contributed by atoms with E-state index in [4.69, 9.17) is 5.14 Å². The zero-order chi connectivity index (χ0) is 18.0. The maximum atomic E-state index is 11.7. The molecule has 0 bridgehead atoms. The van der Waals surface area contributed by atoms with Crippen LogP contribution in [0, 0.1) is 16.0 Å². The number of aromatic nitrogens is 3. The number of piperidine rings is 1. The van der Waals surface area contributed by atoms with Crippen LogP contribution >= 0.6 is 0 Å². The quantitative estimate of drug-likeness (QED) is 0.609. The molecule has 25 heavy (non-hydrogen) atoms. The van der Waals surface area contributed by atoms with Crippen molar-refractivity contribution >= 4 is 21.4 Å². The Bertz CT molecular complexity index is 867. The van der Waals surface area contributed by atoms with Gasteiger partial charge in [-0.05, 0) is 30.9 Å². The first-order chi connectivity index (χ1) is 11.9. The number of rotatable bonds is 5. The molecule has 134 valence electrons. The van der Waals surface area contributed by atoms with E-state index in [1.54, 1.807) is 17.1 Å². The lowest BCUT2D eigenvalue weighted by Gasteiger charge is -2.34. The van der Waals surface area contributed by atoms with Crippen LogP contribution in [0.15, 0.2) is 35.7 Å². The Morgan fingerprint density at radius 2 is 2.20 bits per heavy atom. The molecule has 0 amide bonds. The van der Waals surface area contributed by atoms with Gasteiger partial charge in [0.2, 0.25) is 10.0 Å². The predicted octanol–water partition coefficient (Wildman–Crippen LogP) is 0.750. The summed E-state index contributed by atoms with van der Waals surface area (Å²) in [5.74, 6) is 0.230. The summed E-state index contributed by atoms with van der Waals surface area (Å²) in [7, 11) is -4.18.